The zero-order chi connectivity index (χ0) is 4.28. The van der Waals surface area contributed by atoms with E-state index in [9.17, 15) is 0 Å². The number of aliphatic hydroxyl groups excluding tert-OH is 1. The summed E-state index contributed by atoms with van der Waals surface area (Å²) in [6, 6.07) is 0. The Morgan fingerprint density at radius 1 is 1.50 bits per heavy atom. The molecule has 0 saturated carbocycles. The Morgan fingerprint density at radius 2 is 1.67 bits per heavy atom. The molecule has 0 atom stereocenters. The SMILES string of the molecule is OCC(Br)Br.[Ti]. The molecule has 0 saturated heterocycles. The Morgan fingerprint density at radius 3 is 1.67 bits per heavy atom. The molecule has 4 heteroatoms. The van der Waals surface area contributed by atoms with E-state index in [1.165, 1.54) is 0 Å². The largest absolute Gasteiger partial charge is 0.394 e. The molecule has 0 radical (unpaired) electrons. The molecule has 0 rings (SSSR count). The number of hydrogen-bond donors (Lipinski definition) is 1. The van der Waals surface area contributed by atoms with Crippen LogP contribution in [-0.4, -0.2) is 15.4 Å². The second kappa shape index (κ2) is 6.63. The maximum Gasteiger partial charge on any atom is 0.0927 e. The fourth-order valence-corrected chi connectivity index (χ4v) is 0. The third-order valence-corrected chi connectivity index (χ3v) is 0.717. The van der Waals surface area contributed by atoms with Crippen molar-refractivity contribution in [1.29, 1.82) is 0 Å². The molecule has 1 nitrogen and oxygen atoms in total. The number of alkyl halides is 2. The molecule has 0 aliphatic carbocycles. The molecule has 1 N–H and O–H groups in total. The summed E-state index contributed by atoms with van der Waals surface area (Å²) in [6.07, 6.45) is 0. The Bertz CT molecular complexity index is 25.5. The summed E-state index contributed by atoms with van der Waals surface area (Å²) >= 11 is 6.08. The van der Waals surface area contributed by atoms with Gasteiger partial charge in [-0.05, 0) is 0 Å². The van der Waals surface area contributed by atoms with Gasteiger partial charge in [0.15, 0.2) is 0 Å². The molecule has 0 aliphatic rings. The summed E-state index contributed by atoms with van der Waals surface area (Å²) in [7, 11) is 0. The predicted octanol–water partition coefficient (Wildman–Crippen LogP) is 1.09. The van der Waals surface area contributed by atoms with Crippen molar-refractivity contribution in [3.8, 4) is 0 Å². The van der Waals surface area contributed by atoms with Crippen molar-refractivity contribution in [3.63, 3.8) is 0 Å². The van der Waals surface area contributed by atoms with Crippen LogP contribution in [0.4, 0.5) is 0 Å². The molecule has 0 aromatic carbocycles. The summed E-state index contributed by atoms with van der Waals surface area (Å²) in [5, 5.41) is 8.05. The number of aliphatic hydroxyl groups is 1. The van der Waals surface area contributed by atoms with E-state index in [0.29, 0.717) is 0 Å². The molecular weight excluding hydrogens is 248 g/mol. The van der Waals surface area contributed by atoms with Crippen molar-refractivity contribution in [3.05, 3.63) is 0 Å². The molecule has 0 amide bonds. The Labute approximate surface area is 68.6 Å². The normalized spacial score (nSPS) is 8.00. The second-order valence-corrected chi connectivity index (χ2v) is 4.01. The van der Waals surface area contributed by atoms with E-state index in [4.69, 9.17) is 5.11 Å². The summed E-state index contributed by atoms with van der Waals surface area (Å²) in [4.78, 5) is 0. The first kappa shape index (κ1) is 10.6. The van der Waals surface area contributed by atoms with Crippen LogP contribution in [0.15, 0.2) is 0 Å². The second-order valence-electron chi connectivity index (χ2n) is 0.574. The summed E-state index contributed by atoms with van der Waals surface area (Å²) in [6.45, 7) is 0.139. The maximum atomic E-state index is 8.05. The van der Waals surface area contributed by atoms with Gasteiger partial charge in [0.2, 0.25) is 0 Å². The zero-order valence-electron chi connectivity index (χ0n) is 2.99. The van der Waals surface area contributed by atoms with Gasteiger partial charge in [0.05, 0.1) is 10.3 Å². The molecule has 0 fully saturated rings. The molecule has 0 heterocycles. The monoisotopic (exact) mass is 250 g/mol. The third kappa shape index (κ3) is 9.16. The van der Waals surface area contributed by atoms with E-state index in [2.05, 4.69) is 31.9 Å². The fraction of sp³-hybridized carbons (Fsp3) is 1.00. The van der Waals surface area contributed by atoms with Gasteiger partial charge in [0.1, 0.15) is 0 Å². The average molecular weight is 252 g/mol. The zero-order valence-corrected chi connectivity index (χ0v) is 7.72. The third-order valence-electron chi connectivity index (χ3n) is 0.138. The van der Waals surface area contributed by atoms with Crippen LogP contribution in [0, 0.1) is 0 Å². The fourth-order valence-electron chi connectivity index (χ4n) is 0. The van der Waals surface area contributed by atoms with E-state index in [0.717, 1.165) is 0 Å². The van der Waals surface area contributed by atoms with Crippen LogP contribution in [-0.2, 0) is 21.7 Å². The van der Waals surface area contributed by atoms with Gasteiger partial charge in [-0.25, -0.2) is 0 Å². The van der Waals surface area contributed by atoms with Crippen LogP contribution in [0.2, 0.25) is 0 Å². The smallest absolute Gasteiger partial charge is 0.0927 e. The molecule has 36 valence electrons. The van der Waals surface area contributed by atoms with Crippen molar-refractivity contribution < 1.29 is 26.8 Å². The van der Waals surface area contributed by atoms with Crippen molar-refractivity contribution in [1.82, 2.24) is 0 Å². The van der Waals surface area contributed by atoms with Gasteiger partial charge >= 0.3 is 0 Å². The van der Waals surface area contributed by atoms with Crippen LogP contribution in [0.5, 0.6) is 0 Å². The predicted molar refractivity (Wildman–Crippen MR) is 28.7 cm³/mol. The molecule has 0 aromatic heterocycles. The van der Waals surface area contributed by atoms with Crippen LogP contribution in [0.1, 0.15) is 0 Å². The van der Waals surface area contributed by atoms with Crippen LogP contribution < -0.4 is 0 Å². The van der Waals surface area contributed by atoms with Gasteiger partial charge in [-0.3, -0.25) is 0 Å². The summed E-state index contributed by atoms with van der Waals surface area (Å²) < 4.78 is 0.0648. The van der Waals surface area contributed by atoms with Crippen LogP contribution >= 0.6 is 31.9 Å². The molecule has 0 unspecified atom stereocenters. The van der Waals surface area contributed by atoms with E-state index in [1.807, 2.05) is 0 Å². The van der Waals surface area contributed by atoms with Crippen molar-refractivity contribution >= 4 is 31.9 Å². The van der Waals surface area contributed by atoms with Crippen molar-refractivity contribution in [2.24, 2.45) is 0 Å². The van der Waals surface area contributed by atoms with E-state index < -0.39 is 0 Å². The Hall–Kier alpha value is 1.63. The minimum Gasteiger partial charge on any atom is -0.394 e. The molecule has 0 aromatic rings. The van der Waals surface area contributed by atoms with Gasteiger partial charge in [0.25, 0.3) is 0 Å². The average Bonchev–Trinajstić information content (AvgIpc) is 1.38. The minimum atomic E-state index is 0. The minimum absolute atomic E-state index is 0. The molecule has 0 spiro atoms. The van der Waals surface area contributed by atoms with Crippen molar-refractivity contribution in [2.75, 3.05) is 6.61 Å². The van der Waals surface area contributed by atoms with Gasteiger partial charge in [0, 0.05) is 21.7 Å². The van der Waals surface area contributed by atoms with E-state index >= 15 is 0 Å². The van der Waals surface area contributed by atoms with Gasteiger partial charge in [-0.15, -0.1) is 0 Å². The number of halogens is 2. The molecule has 0 bridgehead atoms. The van der Waals surface area contributed by atoms with Crippen LogP contribution in [0.25, 0.3) is 0 Å². The van der Waals surface area contributed by atoms with E-state index in [-0.39, 0.29) is 32.1 Å². The number of hydrogen-bond acceptors (Lipinski definition) is 1. The standard InChI is InChI=1S/C2H4Br2O.Ti/c3-2(4)1-5;/h2,5H,1H2;. The van der Waals surface area contributed by atoms with Gasteiger partial charge in [-0.2, -0.15) is 0 Å². The first-order chi connectivity index (χ1) is 2.27. The summed E-state index contributed by atoms with van der Waals surface area (Å²) in [5.74, 6) is 0. The van der Waals surface area contributed by atoms with Crippen molar-refractivity contribution in [2.45, 2.75) is 3.74 Å². The first-order valence-corrected chi connectivity index (χ1v) is 2.99. The van der Waals surface area contributed by atoms with E-state index in [1.54, 1.807) is 0 Å². The molecule has 0 aliphatic heterocycles. The number of rotatable bonds is 1. The Kier molecular flexibility index (Phi) is 11.7. The van der Waals surface area contributed by atoms with Gasteiger partial charge in [-0.1, -0.05) is 31.9 Å². The molecular formula is C2H4Br2OTi. The first-order valence-electron chi connectivity index (χ1n) is 1.16. The van der Waals surface area contributed by atoms with Crippen LogP contribution in [0.3, 0.4) is 0 Å². The quantitative estimate of drug-likeness (QED) is 0.547. The molecule has 6 heavy (non-hydrogen) atoms. The Balaban J connectivity index is 0. The summed E-state index contributed by atoms with van der Waals surface area (Å²) in [5.41, 5.74) is 0. The maximum absolute atomic E-state index is 8.05. The topological polar surface area (TPSA) is 20.2 Å². The van der Waals surface area contributed by atoms with Gasteiger partial charge < -0.3 is 5.11 Å².